The fourth-order valence-electron chi connectivity index (χ4n) is 5.76. The second-order valence-electron chi connectivity index (χ2n) is 10.3. The molecule has 4 fully saturated rings. The van der Waals surface area contributed by atoms with Crippen molar-refractivity contribution in [3.63, 3.8) is 0 Å². The molecule has 1 saturated heterocycles. The molecule has 0 amide bonds. The van der Waals surface area contributed by atoms with Crippen molar-refractivity contribution in [2.45, 2.75) is 37.4 Å². The third-order valence-electron chi connectivity index (χ3n) is 7.82. The molecule has 0 N–H and O–H groups in total. The topological polar surface area (TPSA) is 45.5 Å². The maximum Gasteiger partial charge on any atom is 0.288 e. The number of epoxide rings is 1. The zero-order valence-electron chi connectivity index (χ0n) is 19.7. The molecular formula is C30H21F4NO2. The maximum atomic E-state index is 15.6. The molecule has 1 aliphatic heterocycles. The Morgan fingerprint density at radius 3 is 2.16 bits per heavy atom. The lowest BCUT2D eigenvalue weighted by Crippen LogP contribution is -2.71. The minimum absolute atomic E-state index is 0.222. The van der Waals surface area contributed by atoms with Crippen molar-refractivity contribution in [3.05, 3.63) is 101 Å². The third kappa shape index (κ3) is 3.69. The van der Waals surface area contributed by atoms with Gasteiger partial charge < -0.3 is 9.47 Å². The molecule has 2 bridgehead atoms. The average Bonchev–Trinajstić information content (AvgIpc) is 3.64. The number of alkyl halides is 2. The molecule has 3 nitrogen and oxygen atoms in total. The van der Waals surface area contributed by atoms with Crippen molar-refractivity contribution < 1.29 is 27.0 Å². The summed E-state index contributed by atoms with van der Waals surface area (Å²) in [6.07, 6.45) is 0.666. The molecule has 186 valence electrons. The van der Waals surface area contributed by atoms with Gasteiger partial charge in [-0.3, -0.25) is 0 Å². The minimum Gasteiger partial charge on any atom is -0.489 e. The highest BCUT2D eigenvalue weighted by molar-refractivity contribution is 5.45. The summed E-state index contributed by atoms with van der Waals surface area (Å²) in [5.41, 5.74) is -1.77. The summed E-state index contributed by atoms with van der Waals surface area (Å²) < 4.78 is 69.9. The molecule has 3 aromatic carbocycles. The third-order valence-corrected chi connectivity index (χ3v) is 7.82. The Labute approximate surface area is 211 Å². The number of nitriles is 1. The smallest absolute Gasteiger partial charge is 0.288 e. The first-order valence-corrected chi connectivity index (χ1v) is 11.9. The van der Waals surface area contributed by atoms with Crippen molar-refractivity contribution in [1.82, 2.24) is 0 Å². The Kier molecular flexibility index (Phi) is 5.16. The summed E-state index contributed by atoms with van der Waals surface area (Å²) >= 11 is 0. The molecule has 3 aliphatic carbocycles. The average molecular weight is 503 g/mol. The predicted molar refractivity (Wildman–Crippen MR) is 126 cm³/mol. The summed E-state index contributed by atoms with van der Waals surface area (Å²) in [6.45, 7) is 0.0751. The Balaban J connectivity index is 1.08. The first-order chi connectivity index (χ1) is 17.7. The fourth-order valence-corrected chi connectivity index (χ4v) is 5.76. The van der Waals surface area contributed by atoms with E-state index in [1.54, 1.807) is 24.3 Å². The number of benzene rings is 3. The molecule has 1 unspecified atom stereocenters. The molecule has 0 aromatic heterocycles. The molecule has 4 aliphatic rings. The van der Waals surface area contributed by atoms with Crippen LogP contribution < -0.4 is 4.74 Å². The van der Waals surface area contributed by atoms with Crippen LogP contribution in [-0.2, 0) is 16.9 Å². The van der Waals surface area contributed by atoms with Gasteiger partial charge in [-0.2, -0.15) is 5.26 Å². The van der Waals surface area contributed by atoms with Crippen molar-refractivity contribution in [3.8, 4) is 23.7 Å². The van der Waals surface area contributed by atoms with Gasteiger partial charge in [0.05, 0.1) is 18.2 Å². The Bertz CT molecular complexity index is 1460. The van der Waals surface area contributed by atoms with Crippen LogP contribution >= 0.6 is 0 Å². The summed E-state index contributed by atoms with van der Waals surface area (Å²) in [7, 11) is 0. The molecule has 0 spiro atoms. The van der Waals surface area contributed by atoms with E-state index in [9.17, 15) is 8.78 Å². The van der Waals surface area contributed by atoms with Crippen molar-refractivity contribution in [2.24, 2.45) is 10.8 Å². The highest BCUT2D eigenvalue weighted by atomic mass is 19.3. The van der Waals surface area contributed by atoms with E-state index in [-0.39, 0.29) is 31.4 Å². The lowest BCUT2D eigenvalue weighted by atomic mass is 9.32. The van der Waals surface area contributed by atoms with Crippen LogP contribution in [-0.4, -0.2) is 12.5 Å². The van der Waals surface area contributed by atoms with Crippen LogP contribution in [0.2, 0.25) is 0 Å². The highest BCUT2D eigenvalue weighted by Gasteiger charge is 2.85. The van der Waals surface area contributed by atoms with E-state index in [1.807, 2.05) is 24.3 Å². The van der Waals surface area contributed by atoms with Gasteiger partial charge in [-0.25, -0.2) is 17.6 Å². The monoisotopic (exact) mass is 503 g/mol. The predicted octanol–water partition coefficient (Wildman–Crippen LogP) is 6.50. The van der Waals surface area contributed by atoms with Crippen LogP contribution in [0.15, 0.2) is 66.7 Å². The minimum atomic E-state index is -3.28. The van der Waals surface area contributed by atoms with Gasteiger partial charge in [0.2, 0.25) is 0 Å². The van der Waals surface area contributed by atoms with E-state index < -0.39 is 34.0 Å². The van der Waals surface area contributed by atoms with E-state index in [1.165, 1.54) is 0 Å². The number of nitrogens with zero attached hydrogens (tertiary/aromatic N) is 1. The number of hydrogen-bond donors (Lipinski definition) is 0. The normalized spacial score (nSPS) is 27.1. The number of hydrogen-bond acceptors (Lipinski definition) is 3. The van der Waals surface area contributed by atoms with Gasteiger partial charge in [0, 0.05) is 28.0 Å². The lowest BCUT2D eigenvalue weighted by molar-refractivity contribution is -0.316. The SMILES string of the molecule is N#Cc1ccc(COc2ccc(C#CC34CC(C(F)(F)C5(c6ccc(F)cc6F)CO5)(C3)C4)cc2)cc1. The Hall–Kier alpha value is -3.81. The van der Waals surface area contributed by atoms with Crippen LogP contribution in [0.3, 0.4) is 0 Å². The van der Waals surface area contributed by atoms with Crippen molar-refractivity contribution >= 4 is 0 Å². The molecule has 7 heteroatoms. The summed E-state index contributed by atoms with van der Waals surface area (Å²) in [5.74, 6) is 1.83. The second-order valence-corrected chi connectivity index (χ2v) is 10.3. The van der Waals surface area contributed by atoms with Crippen molar-refractivity contribution in [2.75, 3.05) is 6.61 Å². The molecular weight excluding hydrogens is 482 g/mol. The summed E-state index contributed by atoms with van der Waals surface area (Å²) in [5, 5.41) is 8.87. The Morgan fingerprint density at radius 1 is 0.919 bits per heavy atom. The molecule has 0 radical (unpaired) electrons. The molecule has 1 heterocycles. The van der Waals surface area contributed by atoms with Gasteiger partial charge >= 0.3 is 0 Å². The summed E-state index contributed by atoms with van der Waals surface area (Å²) in [6, 6.07) is 19.1. The quantitative estimate of drug-likeness (QED) is 0.219. The highest BCUT2D eigenvalue weighted by Crippen LogP contribution is 2.81. The van der Waals surface area contributed by atoms with E-state index in [0.29, 0.717) is 24.0 Å². The number of ether oxygens (including phenoxy) is 2. The molecule has 3 aromatic rings. The zero-order chi connectivity index (χ0) is 25.9. The molecule has 3 saturated carbocycles. The largest absolute Gasteiger partial charge is 0.489 e. The molecule has 7 rings (SSSR count). The lowest BCUT2D eigenvalue weighted by Gasteiger charge is -2.71. The standard InChI is InChI=1S/C30H21F4NO2/c31-23-7-10-25(26(32)13-23)29(19-37-29)30(33,34)28-16-27(17-28,18-28)12-11-20-5-8-24(9-6-20)36-15-22-3-1-21(14-35)2-4-22/h1-10,13H,15-19H2. The van der Waals surface area contributed by atoms with Gasteiger partial charge in [-0.1, -0.05) is 24.0 Å². The summed E-state index contributed by atoms with van der Waals surface area (Å²) in [4.78, 5) is 0. The van der Waals surface area contributed by atoms with Crippen LogP contribution in [0.1, 0.15) is 41.5 Å². The van der Waals surface area contributed by atoms with Crippen LogP contribution in [0, 0.1) is 45.6 Å². The second kappa shape index (κ2) is 8.10. The first kappa shape index (κ1) is 23.6. The van der Waals surface area contributed by atoms with Gasteiger partial charge in [0.1, 0.15) is 24.0 Å². The van der Waals surface area contributed by atoms with E-state index in [2.05, 4.69) is 17.9 Å². The van der Waals surface area contributed by atoms with Gasteiger partial charge in [0.25, 0.3) is 5.92 Å². The van der Waals surface area contributed by atoms with E-state index in [0.717, 1.165) is 23.3 Å². The molecule has 1 atom stereocenters. The van der Waals surface area contributed by atoms with E-state index >= 15 is 8.78 Å². The van der Waals surface area contributed by atoms with Crippen molar-refractivity contribution in [1.29, 1.82) is 5.26 Å². The molecule has 37 heavy (non-hydrogen) atoms. The van der Waals surface area contributed by atoms with Crippen LogP contribution in [0.5, 0.6) is 5.75 Å². The Morgan fingerprint density at radius 2 is 1.57 bits per heavy atom. The van der Waals surface area contributed by atoms with Gasteiger partial charge in [0.15, 0.2) is 5.60 Å². The van der Waals surface area contributed by atoms with Crippen LogP contribution in [0.25, 0.3) is 0 Å². The zero-order valence-corrected chi connectivity index (χ0v) is 19.7. The first-order valence-electron chi connectivity index (χ1n) is 11.9. The fraction of sp³-hybridized carbons (Fsp3) is 0.300. The van der Waals surface area contributed by atoms with E-state index in [4.69, 9.17) is 14.7 Å². The van der Waals surface area contributed by atoms with Gasteiger partial charge in [-0.05, 0) is 73.4 Å². The maximum absolute atomic E-state index is 15.6. The number of rotatable bonds is 6. The van der Waals surface area contributed by atoms with Crippen LogP contribution in [0.4, 0.5) is 17.6 Å². The number of halogens is 4. The van der Waals surface area contributed by atoms with Gasteiger partial charge in [-0.15, -0.1) is 0 Å².